The lowest BCUT2D eigenvalue weighted by Crippen LogP contribution is -2.61. The van der Waals surface area contributed by atoms with E-state index >= 15 is 0 Å². The van der Waals surface area contributed by atoms with Crippen LogP contribution < -0.4 is 5.32 Å². The van der Waals surface area contributed by atoms with E-state index in [9.17, 15) is 0 Å². The smallest absolute Gasteiger partial charge is 0.0780 e. The summed E-state index contributed by atoms with van der Waals surface area (Å²) < 4.78 is 6.31. The van der Waals surface area contributed by atoms with Crippen LogP contribution in [0.1, 0.15) is 47.0 Å². The van der Waals surface area contributed by atoms with Crippen LogP contribution in [0.5, 0.6) is 0 Å². The second kappa shape index (κ2) is 4.06. The average molecular weight is 211 g/mol. The van der Waals surface area contributed by atoms with Gasteiger partial charge in [0.15, 0.2) is 0 Å². The Labute approximate surface area is 93.8 Å². The molecule has 0 spiro atoms. The molecule has 2 rings (SSSR count). The van der Waals surface area contributed by atoms with Gasteiger partial charge in [-0.05, 0) is 38.0 Å². The monoisotopic (exact) mass is 211 g/mol. The fourth-order valence-electron chi connectivity index (χ4n) is 3.19. The number of fused-ring (bicyclic) bond motifs is 1. The largest absolute Gasteiger partial charge is 0.369 e. The van der Waals surface area contributed by atoms with Crippen LogP contribution in [0, 0.1) is 11.8 Å². The van der Waals surface area contributed by atoms with E-state index in [0.717, 1.165) is 24.8 Å². The summed E-state index contributed by atoms with van der Waals surface area (Å²) in [7, 11) is 0. The predicted molar refractivity (Wildman–Crippen MR) is 62.9 cm³/mol. The number of nitrogens with one attached hydrogen (secondary N) is 1. The molecule has 2 heteroatoms. The van der Waals surface area contributed by atoms with Crippen LogP contribution in [0.25, 0.3) is 0 Å². The summed E-state index contributed by atoms with van der Waals surface area (Å²) in [5, 5.41) is 3.71. The van der Waals surface area contributed by atoms with Crippen molar-refractivity contribution in [3.05, 3.63) is 0 Å². The number of rotatable bonds is 1. The Morgan fingerprint density at radius 3 is 2.73 bits per heavy atom. The predicted octanol–water partition coefficient (Wildman–Crippen LogP) is 2.58. The van der Waals surface area contributed by atoms with E-state index in [1.54, 1.807) is 0 Å². The van der Waals surface area contributed by atoms with Crippen LogP contribution in [-0.2, 0) is 4.74 Å². The fraction of sp³-hybridized carbons (Fsp3) is 1.00. The molecule has 0 amide bonds. The molecule has 1 aliphatic carbocycles. The molecule has 1 N–H and O–H groups in total. The molecular weight excluding hydrogens is 186 g/mol. The molecule has 0 bridgehead atoms. The molecule has 5 atom stereocenters. The number of morpholine rings is 1. The van der Waals surface area contributed by atoms with Gasteiger partial charge in [-0.15, -0.1) is 0 Å². The van der Waals surface area contributed by atoms with E-state index in [1.807, 2.05) is 0 Å². The number of hydrogen-bond acceptors (Lipinski definition) is 2. The number of ether oxygens (including phenoxy) is 1. The van der Waals surface area contributed by atoms with E-state index in [1.165, 1.54) is 12.8 Å². The van der Waals surface area contributed by atoms with Crippen molar-refractivity contribution >= 4 is 0 Å². The summed E-state index contributed by atoms with van der Waals surface area (Å²) in [5.41, 5.74) is 0.0674. The minimum absolute atomic E-state index is 0.0674. The molecule has 0 aromatic carbocycles. The highest BCUT2D eigenvalue weighted by Gasteiger charge is 2.42. The van der Waals surface area contributed by atoms with Gasteiger partial charge < -0.3 is 10.1 Å². The minimum Gasteiger partial charge on any atom is -0.369 e. The first-order chi connectivity index (χ1) is 7.04. The highest BCUT2D eigenvalue weighted by molar-refractivity contribution is 4.96. The summed E-state index contributed by atoms with van der Waals surface area (Å²) >= 11 is 0. The first-order valence-electron chi connectivity index (χ1n) is 6.45. The lowest BCUT2D eigenvalue weighted by molar-refractivity contribution is -0.152. The maximum absolute atomic E-state index is 6.31. The third-order valence-corrected chi connectivity index (χ3v) is 4.32. The van der Waals surface area contributed by atoms with Crippen LogP contribution in [-0.4, -0.2) is 24.3 Å². The van der Waals surface area contributed by atoms with Crippen LogP contribution in [0.2, 0.25) is 0 Å². The molecule has 1 aliphatic heterocycles. The highest BCUT2D eigenvalue weighted by Crippen LogP contribution is 2.36. The lowest BCUT2D eigenvalue weighted by atomic mass is 9.76. The normalized spacial score (nSPS) is 51.2. The second-order valence-corrected chi connectivity index (χ2v) is 5.92. The Hall–Kier alpha value is -0.0800. The maximum atomic E-state index is 6.31. The van der Waals surface area contributed by atoms with Crippen molar-refractivity contribution in [2.45, 2.75) is 64.7 Å². The molecule has 1 saturated carbocycles. The topological polar surface area (TPSA) is 21.3 Å². The SMILES string of the molecule is CCC1(C)CNC2C(C)CC(C)CC2O1. The minimum atomic E-state index is 0.0674. The van der Waals surface area contributed by atoms with Crippen molar-refractivity contribution in [1.82, 2.24) is 5.32 Å². The first kappa shape index (κ1) is 11.4. The molecule has 15 heavy (non-hydrogen) atoms. The lowest BCUT2D eigenvalue weighted by Gasteiger charge is -2.49. The van der Waals surface area contributed by atoms with E-state index in [4.69, 9.17) is 4.74 Å². The van der Waals surface area contributed by atoms with E-state index in [-0.39, 0.29) is 5.60 Å². The molecule has 5 unspecified atom stereocenters. The number of hydrogen-bond donors (Lipinski definition) is 1. The zero-order chi connectivity index (χ0) is 11.1. The molecule has 2 nitrogen and oxygen atoms in total. The zero-order valence-corrected chi connectivity index (χ0v) is 10.5. The molecule has 2 aliphatic rings. The standard InChI is InChI=1S/C13H25NO/c1-5-13(4)8-14-12-10(3)6-9(2)7-11(12)15-13/h9-12,14H,5-8H2,1-4H3. The molecule has 88 valence electrons. The molecule has 1 saturated heterocycles. The van der Waals surface area contributed by atoms with Crippen LogP contribution in [0.15, 0.2) is 0 Å². The summed E-state index contributed by atoms with van der Waals surface area (Å²) in [6, 6.07) is 0.598. The third kappa shape index (κ3) is 2.21. The highest BCUT2D eigenvalue weighted by atomic mass is 16.5. The van der Waals surface area contributed by atoms with E-state index in [2.05, 4.69) is 33.0 Å². The molecule has 0 aromatic heterocycles. The van der Waals surface area contributed by atoms with Gasteiger partial charge in [-0.2, -0.15) is 0 Å². The van der Waals surface area contributed by atoms with Crippen molar-refractivity contribution in [2.24, 2.45) is 11.8 Å². The van der Waals surface area contributed by atoms with Crippen LogP contribution in [0.3, 0.4) is 0 Å². The van der Waals surface area contributed by atoms with Gasteiger partial charge >= 0.3 is 0 Å². The molecule has 0 radical (unpaired) electrons. The summed E-state index contributed by atoms with van der Waals surface area (Å²) in [6.07, 6.45) is 4.13. The summed E-state index contributed by atoms with van der Waals surface area (Å²) in [5.74, 6) is 1.59. The van der Waals surface area contributed by atoms with Crippen molar-refractivity contribution < 1.29 is 4.74 Å². The van der Waals surface area contributed by atoms with Crippen LogP contribution in [0.4, 0.5) is 0 Å². The van der Waals surface area contributed by atoms with Gasteiger partial charge in [0.05, 0.1) is 11.7 Å². The van der Waals surface area contributed by atoms with Gasteiger partial charge in [-0.3, -0.25) is 0 Å². The molecule has 2 fully saturated rings. The van der Waals surface area contributed by atoms with Crippen molar-refractivity contribution in [2.75, 3.05) is 6.54 Å². The van der Waals surface area contributed by atoms with Gasteiger partial charge in [0, 0.05) is 12.6 Å². The Balaban J connectivity index is 2.06. The van der Waals surface area contributed by atoms with Crippen molar-refractivity contribution in [3.8, 4) is 0 Å². The maximum Gasteiger partial charge on any atom is 0.0780 e. The van der Waals surface area contributed by atoms with Gasteiger partial charge in [0.1, 0.15) is 0 Å². The van der Waals surface area contributed by atoms with Gasteiger partial charge in [0.2, 0.25) is 0 Å². The second-order valence-electron chi connectivity index (χ2n) is 5.92. The molecular formula is C13H25NO. The average Bonchev–Trinajstić information content (AvgIpc) is 2.16. The van der Waals surface area contributed by atoms with Gasteiger partial charge in [-0.1, -0.05) is 20.8 Å². The Morgan fingerprint density at radius 2 is 2.07 bits per heavy atom. The van der Waals surface area contributed by atoms with E-state index in [0.29, 0.717) is 12.1 Å². The quantitative estimate of drug-likeness (QED) is 0.720. The fourth-order valence-corrected chi connectivity index (χ4v) is 3.19. The molecule has 1 heterocycles. The van der Waals surface area contributed by atoms with E-state index < -0.39 is 0 Å². The third-order valence-electron chi connectivity index (χ3n) is 4.32. The van der Waals surface area contributed by atoms with Crippen molar-refractivity contribution in [1.29, 1.82) is 0 Å². The van der Waals surface area contributed by atoms with Gasteiger partial charge in [-0.25, -0.2) is 0 Å². The Kier molecular flexibility index (Phi) is 3.09. The summed E-state index contributed by atoms with van der Waals surface area (Å²) in [4.78, 5) is 0. The Bertz CT molecular complexity index is 231. The Morgan fingerprint density at radius 1 is 1.33 bits per heavy atom. The van der Waals surface area contributed by atoms with Crippen molar-refractivity contribution in [3.63, 3.8) is 0 Å². The summed E-state index contributed by atoms with van der Waals surface area (Å²) in [6.45, 7) is 10.2. The van der Waals surface area contributed by atoms with Crippen LogP contribution >= 0.6 is 0 Å². The van der Waals surface area contributed by atoms with Gasteiger partial charge in [0.25, 0.3) is 0 Å². The zero-order valence-electron chi connectivity index (χ0n) is 10.5. The first-order valence-corrected chi connectivity index (χ1v) is 6.45. The molecule has 0 aromatic rings.